The summed E-state index contributed by atoms with van der Waals surface area (Å²) >= 11 is 4.44. The number of para-hydroxylation sites is 1. The highest BCUT2D eigenvalue weighted by Crippen LogP contribution is 2.31. The molecule has 4 aromatic rings. The number of hydrogen-bond acceptors (Lipinski definition) is 7. The maximum absolute atomic E-state index is 12.6. The highest BCUT2D eigenvalue weighted by atomic mass is 32.2. The summed E-state index contributed by atoms with van der Waals surface area (Å²) in [6, 6.07) is 12.9. The van der Waals surface area contributed by atoms with Crippen molar-refractivity contribution >= 4 is 51.0 Å². The number of hydrogen-bond donors (Lipinski definition) is 1. The minimum atomic E-state index is -0.159. The summed E-state index contributed by atoms with van der Waals surface area (Å²) in [4.78, 5) is 31.9. The van der Waals surface area contributed by atoms with Crippen molar-refractivity contribution in [3.8, 4) is 0 Å². The molecule has 3 aromatic heterocycles. The maximum atomic E-state index is 12.6. The van der Waals surface area contributed by atoms with Crippen molar-refractivity contribution in [1.29, 1.82) is 0 Å². The number of rotatable bonds is 8. The summed E-state index contributed by atoms with van der Waals surface area (Å²) in [5.74, 6) is 0.748. The second-order valence-corrected chi connectivity index (χ2v) is 9.90. The van der Waals surface area contributed by atoms with Crippen LogP contribution in [-0.2, 0) is 5.75 Å². The molecule has 1 amide bonds. The van der Waals surface area contributed by atoms with Gasteiger partial charge in [-0.3, -0.25) is 9.59 Å². The molecule has 4 rings (SSSR count). The fourth-order valence-electron chi connectivity index (χ4n) is 3.19. The first-order valence-corrected chi connectivity index (χ1v) is 12.7. The summed E-state index contributed by atoms with van der Waals surface area (Å²) in [6.07, 6.45) is 1.98. The first-order valence-electron chi connectivity index (χ1n) is 10.1. The van der Waals surface area contributed by atoms with Crippen molar-refractivity contribution in [3.05, 3.63) is 73.8 Å². The first kappa shape index (κ1) is 21.7. The lowest BCUT2D eigenvalue weighted by Gasteiger charge is -2.10. The maximum Gasteiger partial charge on any atom is 0.275 e. The van der Waals surface area contributed by atoms with Crippen LogP contribution in [0.25, 0.3) is 4.96 Å². The second kappa shape index (κ2) is 9.76. The Bertz CT molecular complexity index is 1240. The van der Waals surface area contributed by atoms with Crippen molar-refractivity contribution in [2.75, 3.05) is 5.32 Å². The van der Waals surface area contributed by atoms with Gasteiger partial charge in [-0.15, -0.1) is 23.1 Å². The Morgan fingerprint density at radius 2 is 2.00 bits per heavy atom. The molecule has 0 bridgehead atoms. The van der Waals surface area contributed by atoms with E-state index >= 15 is 0 Å². The number of thiophene rings is 1. The van der Waals surface area contributed by atoms with E-state index in [0.29, 0.717) is 27.2 Å². The quantitative estimate of drug-likeness (QED) is 0.336. The molecule has 0 spiro atoms. The van der Waals surface area contributed by atoms with Crippen LogP contribution in [0.3, 0.4) is 0 Å². The molecular formula is C22H22N4O2S3. The smallest absolute Gasteiger partial charge is 0.275 e. The van der Waals surface area contributed by atoms with E-state index in [1.54, 1.807) is 23.9 Å². The fraction of sp³-hybridized carbons (Fsp3) is 0.273. The predicted octanol–water partition coefficient (Wildman–Crippen LogP) is 5.66. The van der Waals surface area contributed by atoms with Crippen molar-refractivity contribution < 1.29 is 4.79 Å². The van der Waals surface area contributed by atoms with Crippen molar-refractivity contribution in [3.63, 3.8) is 0 Å². The average molecular weight is 471 g/mol. The van der Waals surface area contributed by atoms with Crippen molar-refractivity contribution in [2.24, 2.45) is 0 Å². The number of nitrogens with zero attached hydrogens (tertiary/aromatic N) is 3. The molecular weight excluding hydrogens is 448 g/mol. The Morgan fingerprint density at radius 3 is 2.74 bits per heavy atom. The van der Waals surface area contributed by atoms with Crippen LogP contribution in [0.2, 0.25) is 0 Å². The third-order valence-electron chi connectivity index (χ3n) is 4.90. The zero-order valence-electron chi connectivity index (χ0n) is 17.2. The van der Waals surface area contributed by atoms with Gasteiger partial charge in [-0.25, -0.2) is 4.98 Å². The van der Waals surface area contributed by atoms with Gasteiger partial charge in [0.1, 0.15) is 5.01 Å². The SMILES string of the molecule is CCC(CC)c1nn2c(=O)cc(CSc3ccccc3NC(=O)c3cccs3)nc2s1. The van der Waals surface area contributed by atoms with Gasteiger partial charge in [0.05, 0.1) is 16.3 Å². The molecule has 0 atom stereocenters. The van der Waals surface area contributed by atoms with Crippen LogP contribution in [0, 0.1) is 0 Å². The topological polar surface area (TPSA) is 76.4 Å². The van der Waals surface area contributed by atoms with Gasteiger partial charge in [0.2, 0.25) is 4.96 Å². The number of aromatic nitrogens is 3. The number of thioether (sulfide) groups is 1. The van der Waals surface area contributed by atoms with Crippen LogP contribution in [0.4, 0.5) is 5.69 Å². The molecule has 0 saturated heterocycles. The van der Waals surface area contributed by atoms with Crippen LogP contribution < -0.4 is 10.9 Å². The Kier molecular flexibility index (Phi) is 6.84. The van der Waals surface area contributed by atoms with E-state index in [1.165, 1.54) is 27.2 Å². The van der Waals surface area contributed by atoms with E-state index in [1.807, 2.05) is 35.7 Å². The molecule has 6 nitrogen and oxygen atoms in total. The van der Waals surface area contributed by atoms with Crippen LogP contribution in [0.1, 0.15) is 53.0 Å². The molecule has 3 heterocycles. The summed E-state index contributed by atoms with van der Waals surface area (Å²) in [5, 5.41) is 10.3. The first-order chi connectivity index (χ1) is 15.1. The number of nitrogens with one attached hydrogen (secondary N) is 1. The second-order valence-electron chi connectivity index (χ2n) is 6.95. The van der Waals surface area contributed by atoms with Gasteiger partial charge in [-0.1, -0.05) is 43.4 Å². The standard InChI is InChI=1S/C22H22N4O2S3/c1-3-14(4-2)21-25-26-19(27)12-15(23-22(26)31-21)13-30-17-9-6-5-8-16(17)24-20(28)18-10-7-11-29-18/h5-12,14H,3-4,13H2,1-2H3,(H,24,28). The van der Waals surface area contributed by atoms with Gasteiger partial charge in [0.15, 0.2) is 0 Å². The molecule has 0 fully saturated rings. The molecule has 1 N–H and O–H groups in total. The number of anilines is 1. The Morgan fingerprint density at radius 1 is 1.19 bits per heavy atom. The lowest BCUT2D eigenvalue weighted by Crippen LogP contribution is -2.15. The molecule has 0 radical (unpaired) electrons. The molecule has 0 aliphatic rings. The fourth-order valence-corrected chi connectivity index (χ4v) is 5.90. The lowest BCUT2D eigenvalue weighted by molar-refractivity contribution is 0.103. The van der Waals surface area contributed by atoms with E-state index in [0.717, 1.165) is 28.4 Å². The molecule has 0 aliphatic heterocycles. The number of carbonyl (C=O) groups excluding carboxylic acids is 1. The van der Waals surface area contributed by atoms with Gasteiger partial charge < -0.3 is 5.32 Å². The summed E-state index contributed by atoms with van der Waals surface area (Å²) < 4.78 is 1.40. The van der Waals surface area contributed by atoms with Gasteiger partial charge in [0.25, 0.3) is 11.5 Å². The predicted molar refractivity (Wildman–Crippen MR) is 129 cm³/mol. The van der Waals surface area contributed by atoms with Gasteiger partial charge >= 0.3 is 0 Å². The third-order valence-corrected chi connectivity index (χ3v) is 7.95. The molecule has 160 valence electrons. The Balaban J connectivity index is 1.53. The third kappa shape index (κ3) is 4.89. The average Bonchev–Trinajstić information content (AvgIpc) is 3.45. The summed E-state index contributed by atoms with van der Waals surface area (Å²) in [7, 11) is 0. The van der Waals surface area contributed by atoms with Gasteiger partial charge in [-0.05, 0) is 36.4 Å². The van der Waals surface area contributed by atoms with E-state index in [2.05, 4.69) is 29.2 Å². The van der Waals surface area contributed by atoms with E-state index < -0.39 is 0 Å². The Hall–Kier alpha value is -2.49. The largest absolute Gasteiger partial charge is 0.320 e. The van der Waals surface area contributed by atoms with Crippen LogP contribution in [-0.4, -0.2) is 20.5 Å². The minimum Gasteiger partial charge on any atom is -0.320 e. The van der Waals surface area contributed by atoms with Crippen LogP contribution >= 0.6 is 34.4 Å². The molecule has 31 heavy (non-hydrogen) atoms. The van der Waals surface area contributed by atoms with Crippen LogP contribution in [0.5, 0.6) is 0 Å². The lowest BCUT2D eigenvalue weighted by atomic mass is 10.1. The highest BCUT2D eigenvalue weighted by molar-refractivity contribution is 7.98. The van der Waals surface area contributed by atoms with E-state index in [9.17, 15) is 9.59 Å². The zero-order valence-corrected chi connectivity index (χ0v) is 19.6. The molecule has 1 aromatic carbocycles. The molecule has 9 heteroatoms. The number of carbonyl (C=O) groups is 1. The minimum absolute atomic E-state index is 0.126. The molecule has 0 aliphatic carbocycles. The van der Waals surface area contributed by atoms with Gasteiger partial charge in [0, 0.05) is 22.6 Å². The molecule has 0 unspecified atom stereocenters. The van der Waals surface area contributed by atoms with Crippen molar-refractivity contribution in [1.82, 2.24) is 14.6 Å². The number of amides is 1. The number of benzene rings is 1. The van der Waals surface area contributed by atoms with Crippen molar-refractivity contribution in [2.45, 2.75) is 43.3 Å². The summed E-state index contributed by atoms with van der Waals surface area (Å²) in [5.41, 5.74) is 1.29. The highest BCUT2D eigenvalue weighted by Gasteiger charge is 2.16. The number of fused-ring (bicyclic) bond motifs is 1. The molecule has 0 saturated carbocycles. The normalized spacial score (nSPS) is 11.3. The Labute approximate surface area is 192 Å². The van der Waals surface area contributed by atoms with E-state index in [-0.39, 0.29) is 11.5 Å². The monoisotopic (exact) mass is 470 g/mol. The van der Waals surface area contributed by atoms with Crippen LogP contribution in [0.15, 0.2) is 57.5 Å². The van der Waals surface area contributed by atoms with E-state index in [4.69, 9.17) is 0 Å². The zero-order chi connectivity index (χ0) is 21.8. The van der Waals surface area contributed by atoms with Gasteiger partial charge in [-0.2, -0.15) is 9.61 Å². The summed E-state index contributed by atoms with van der Waals surface area (Å²) in [6.45, 7) is 4.26.